The monoisotopic (exact) mass is 242 g/mol. The number of aryl methyl sites for hydroxylation is 1. The van der Waals surface area contributed by atoms with Crippen LogP contribution in [0.4, 0.5) is 5.69 Å². The van der Waals surface area contributed by atoms with Crippen LogP contribution >= 0.6 is 0 Å². The molecule has 0 saturated carbocycles. The highest BCUT2D eigenvalue weighted by atomic mass is 16.3. The lowest BCUT2D eigenvalue weighted by molar-refractivity contribution is 0.538. The first-order valence-corrected chi connectivity index (χ1v) is 5.97. The molecule has 0 amide bonds. The lowest BCUT2D eigenvalue weighted by Gasteiger charge is -2.03. The third kappa shape index (κ3) is 2.07. The molecule has 5 heteroatoms. The predicted octanol–water partition coefficient (Wildman–Crippen LogP) is 2.73. The number of nitrogens with one attached hydrogen (secondary N) is 2. The van der Waals surface area contributed by atoms with Crippen LogP contribution in [0.5, 0.6) is 0 Å². The maximum Gasteiger partial charge on any atom is 0.195 e. The zero-order chi connectivity index (χ0) is 12.4. The number of fused-ring (bicyclic) bond motifs is 1. The fourth-order valence-corrected chi connectivity index (χ4v) is 1.82. The topological polar surface area (TPSA) is 66.7 Å². The lowest BCUT2D eigenvalue weighted by Crippen LogP contribution is -2.00. The Morgan fingerprint density at radius 2 is 2.33 bits per heavy atom. The second-order valence-corrected chi connectivity index (χ2v) is 4.03. The third-order valence-corrected chi connectivity index (χ3v) is 2.75. The van der Waals surface area contributed by atoms with Crippen molar-refractivity contribution in [2.24, 2.45) is 0 Å². The standard InChI is InChI=1S/C13H14N4O/c1-2-13-17-10-7-9(3-4-11(10)18-13)16-8-12-14-5-6-15-12/h3-7,16H,2,8H2,1H3,(H,14,15). The van der Waals surface area contributed by atoms with Crippen LogP contribution in [0.3, 0.4) is 0 Å². The number of nitrogens with zero attached hydrogens (tertiary/aromatic N) is 2. The second kappa shape index (κ2) is 4.52. The molecule has 2 heterocycles. The van der Waals surface area contributed by atoms with Crippen molar-refractivity contribution >= 4 is 16.8 Å². The maximum atomic E-state index is 5.57. The Kier molecular flexibility index (Phi) is 2.72. The Labute approximate surface area is 104 Å². The number of hydrogen-bond acceptors (Lipinski definition) is 4. The Morgan fingerprint density at radius 1 is 1.39 bits per heavy atom. The summed E-state index contributed by atoms with van der Waals surface area (Å²) in [7, 11) is 0. The van der Waals surface area contributed by atoms with Crippen LogP contribution in [0.15, 0.2) is 35.0 Å². The molecule has 0 atom stereocenters. The lowest BCUT2D eigenvalue weighted by atomic mass is 10.3. The minimum Gasteiger partial charge on any atom is -0.441 e. The molecule has 5 nitrogen and oxygen atoms in total. The summed E-state index contributed by atoms with van der Waals surface area (Å²) in [5.74, 6) is 1.68. The van der Waals surface area contributed by atoms with Crippen LogP contribution < -0.4 is 5.32 Å². The second-order valence-electron chi connectivity index (χ2n) is 4.03. The molecule has 18 heavy (non-hydrogen) atoms. The van der Waals surface area contributed by atoms with E-state index in [0.29, 0.717) is 6.54 Å². The van der Waals surface area contributed by atoms with E-state index in [1.807, 2.05) is 31.3 Å². The number of anilines is 1. The van der Waals surface area contributed by atoms with Gasteiger partial charge in [0.15, 0.2) is 11.5 Å². The van der Waals surface area contributed by atoms with E-state index in [4.69, 9.17) is 4.42 Å². The molecule has 3 aromatic rings. The van der Waals surface area contributed by atoms with Crippen LogP contribution in [-0.2, 0) is 13.0 Å². The molecule has 3 rings (SSSR count). The zero-order valence-electron chi connectivity index (χ0n) is 10.1. The summed E-state index contributed by atoms with van der Waals surface area (Å²) in [6.45, 7) is 2.69. The van der Waals surface area contributed by atoms with Crippen LogP contribution in [-0.4, -0.2) is 15.0 Å². The number of aromatic amines is 1. The molecule has 0 radical (unpaired) electrons. The number of imidazole rings is 1. The molecule has 0 fully saturated rings. The van der Waals surface area contributed by atoms with Gasteiger partial charge in [-0.25, -0.2) is 9.97 Å². The highest BCUT2D eigenvalue weighted by molar-refractivity contribution is 5.77. The molecular weight excluding hydrogens is 228 g/mol. The molecule has 2 N–H and O–H groups in total. The van der Waals surface area contributed by atoms with Gasteiger partial charge in [0.25, 0.3) is 0 Å². The van der Waals surface area contributed by atoms with Crippen molar-refractivity contribution in [3.63, 3.8) is 0 Å². The van der Waals surface area contributed by atoms with Gasteiger partial charge in [0.2, 0.25) is 0 Å². The van der Waals surface area contributed by atoms with Gasteiger partial charge in [0.05, 0.1) is 6.54 Å². The molecule has 92 valence electrons. The van der Waals surface area contributed by atoms with Crippen molar-refractivity contribution in [1.29, 1.82) is 0 Å². The molecule has 1 aromatic carbocycles. The minimum atomic E-state index is 0.664. The Balaban J connectivity index is 1.80. The molecule has 0 aliphatic carbocycles. The van der Waals surface area contributed by atoms with Gasteiger partial charge >= 0.3 is 0 Å². The van der Waals surface area contributed by atoms with E-state index in [1.54, 1.807) is 6.20 Å². The van der Waals surface area contributed by atoms with Gasteiger partial charge < -0.3 is 14.7 Å². The summed E-state index contributed by atoms with van der Waals surface area (Å²) >= 11 is 0. The van der Waals surface area contributed by atoms with Crippen LogP contribution in [0.2, 0.25) is 0 Å². The summed E-state index contributed by atoms with van der Waals surface area (Å²) in [5.41, 5.74) is 2.72. The fraction of sp³-hybridized carbons (Fsp3) is 0.231. The molecule has 0 spiro atoms. The van der Waals surface area contributed by atoms with E-state index >= 15 is 0 Å². The van der Waals surface area contributed by atoms with Crippen molar-refractivity contribution < 1.29 is 4.42 Å². The van der Waals surface area contributed by atoms with Crippen molar-refractivity contribution in [3.8, 4) is 0 Å². The number of rotatable bonds is 4. The Bertz CT molecular complexity index is 642. The Hall–Kier alpha value is -2.30. The Morgan fingerprint density at radius 3 is 3.11 bits per heavy atom. The normalized spacial score (nSPS) is 10.9. The quantitative estimate of drug-likeness (QED) is 0.738. The molecule has 0 bridgehead atoms. The maximum absolute atomic E-state index is 5.57. The highest BCUT2D eigenvalue weighted by Crippen LogP contribution is 2.20. The number of H-pyrrole nitrogens is 1. The first kappa shape index (κ1) is 10.8. The molecule has 2 aromatic heterocycles. The van der Waals surface area contributed by atoms with Gasteiger partial charge in [-0.05, 0) is 18.2 Å². The molecule has 0 unspecified atom stereocenters. The third-order valence-electron chi connectivity index (χ3n) is 2.75. The average molecular weight is 242 g/mol. The number of aromatic nitrogens is 3. The highest BCUT2D eigenvalue weighted by Gasteiger charge is 2.04. The van der Waals surface area contributed by atoms with E-state index in [0.717, 1.165) is 34.9 Å². The summed E-state index contributed by atoms with van der Waals surface area (Å²) in [4.78, 5) is 11.6. The van der Waals surface area contributed by atoms with Crippen molar-refractivity contribution in [2.45, 2.75) is 19.9 Å². The van der Waals surface area contributed by atoms with Gasteiger partial charge in [-0.3, -0.25) is 0 Å². The van der Waals surface area contributed by atoms with Crippen molar-refractivity contribution in [2.75, 3.05) is 5.32 Å². The first-order chi connectivity index (χ1) is 8.85. The summed E-state index contributed by atoms with van der Waals surface area (Å²) in [6.07, 6.45) is 4.36. The van der Waals surface area contributed by atoms with E-state index in [-0.39, 0.29) is 0 Å². The van der Waals surface area contributed by atoms with Gasteiger partial charge in [-0.2, -0.15) is 0 Å². The predicted molar refractivity (Wildman–Crippen MR) is 69.3 cm³/mol. The van der Waals surface area contributed by atoms with E-state index < -0.39 is 0 Å². The van der Waals surface area contributed by atoms with Crippen LogP contribution in [0.25, 0.3) is 11.1 Å². The van der Waals surface area contributed by atoms with E-state index in [9.17, 15) is 0 Å². The summed E-state index contributed by atoms with van der Waals surface area (Å²) < 4.78 is 5.57. The van der Waals surface area contributed by atoms with Gasteiger partial charge in [0.1, 0.15) is 11.3 Å². The van der Waals surface area contributed by atoms with Crippen molar-refractivity contribution in [3.05, 3.63) is 42.3 Å². The first-order valence-electron chi connectivity index (χ1n) is 5.97. The molecule has 0 saturated heterocycles. The fourth-order valence-electron chi connectivity index (χ4n) is 1.82. The number of benzene rings is 1. The number of hydrogen-bond donors (Lipinski definition) is 2. The molecular formula is C13H14N4O. The molecule has 0 aliphatic rings. The van der Waals surface area contributed by atoms with Crippen molar-refractivity contribution in [1.82, 2.24) is 15.0 Å². The van der Waals surface area contributed by atoms with E-state index in [2.05, 4.69) is 20.3 Å². The SMILES string of the molecule is CCc1nc2cc(NCc3ncc[nH]3)ccc2o1. The van der Waals surface area contributed by atoms with Gasteiger partial charge in [-0.15, -0.1) is 0 Å². The summed E-state index contributed by atoms with van der Waals surface area (Å²) in [5, 5.41) is 3.29. The van der Waals surface area contributed by atoms with Gasteiger partial charge in [0, 0.05) is 24.5 Å². The van der Waals surface area contributed by atoms with E-state index in [1.165, 1.54) is 0 Å². The van der Waals surface area contributed by atoms with Crippen LogP contribution in [0.1, 0.15) is 18.6 Å². The number of oxazole rings is 1. The smallest absolute Gasteiger partial charge is 0.195 e. The largest absolute Gasteiger partial charge is 0.441 e. The van der Waals surface area contributed by atoms with Crippen LogP contribution in [0, 0.1) is 0 Å². The molecule has 0 aliphatic heterocycles. The average Bonchev–Trinajstić information content (AvgIpc) is 3.04. The summed E-state index contributed by atoms with van der Waals surface area (Å²) in [6, 6.07) is 5.91. The zero-order valence-corrected chi connectivity index (χ0v) is 10.1. The minimum absolute atomic E-state index is 0.664. The van der Waals surface area contributed by atoms with Gasteiger partial charge in [-0.1, -0.05) is 6.92 Å².